The van der Waals surface area contributed by atoms with E-state index in [1.54, 1.807) is 0 Å². The molecule has 0 spiro atoms. The lowest BCUT2D eigenvalue weighted by Crippen LogP contribution is -2.29. The van der Waals surface area contributed by atoms with Gasteiger partial charge in [0.15, 0.2) is 5.75 Å². The molecular formula is C11H18N4O. The van der Waals surface area contributed by atoms with E-state index in [9.17, 15) is 5.11 Å². The van der Waals surface area contributed by atoms with Crippen LogP contribution in [-0.4, -0.2) is 41.3 Å². The van der Waals surface area contributed by atoms with Crippen molar-refractivity contribution in [1.82, 2.24) is 15.3 Å². The number of hydrogen-bond acceptors (Lipinski definition) is 5. The maximum absolute atomic E-state index is 9.53. The lowest BCUT2D eigenvalue weighted by Gasteiger charge is -2.20. The summed E-state index contributed by atoms with van der Waals surface area (Å²) in [5.41, 5.74) is 0.724. The Morgan fingerprint density at radius 2 is 2.31 bits per heavy atom. The van der Waals surface area contributed by atoms with Gasteiger partial charge in [0.05, 0.1) is 11.9 Å². The van der Waals surface area contributed by atoms with Crippen LogP contribution in [0, 0.1) is 0 Å². The predicted molar refractivity (Wildman–Crippen MR) is 62.8 cm³/mol. The summed E-state index contributed by atoms with van der Waals surface area (Å²) >= 11 is 0. The van der Waals surface area contributed by atoms with E-state index in [0.29, 0.717) is 0 Å². The fraction of sp³-hybridized carbons (Fsp3) is 0.636. The predicted octanol–water partition coefficient (Wildman–Crippen LogP) is 0.544. The van der Waals surface area contributed by atoms with Crippen molar-refractivity contribution in [3.05, 3.63) is 11.9 Å². The van der Waals surface area contributed by atoms with Crippen LogP contribution in [0.2, 0.25) is 0 Å². The molecule has 2 heterocycles. The lowest BCUT2D eigenvalue weighted by atomic mass is 10.3. The molecule has 0 unspecified atom stereocenters. The zero-order valence-corrected chi connectivity index (χ0v) is 9.61. The molecular weight excluding hydrogens is 204 g/mol. The van der Waals surface area contributed by atoms with Gasteiger partial charge in [-0.05, 0) is 19.4 Å². The smallest absolute Gasteiger partial charge is 0.225 e. The molecule has 88 valence electrons. The first kappa shape index (κ1) is 11.1. The first-order chi connectivity index (χ1) is 7.81. The van der Waals surface area contributed by atoms with Crippen molar-refractivity contribution in [2.45, 2.75) is 19.8 Å². The zero-order chi connectivity index (χ0) is 11.4. The number of hydrogen-bond donors (Lipinski definition) is 2. The monoisotopic (exact) mass is 222 g/mol. The van der Waals surface area contributed by atoms with E-state index in [0.717, 1.165) is 50.7 Å². The fourth-order valence-electron chi connectivity index (χ4n) is 1.86. The number of anilines is 1. The Kier molecular flexibility index (Phi) is 3.56. The van der Waals surface area contributed by atoms with Crippen LogP contribution in [0.25, 0.3) is 0 Å². The first-order valence-electron chi connectivity index (χ1n) is 5.82. The molecule has 2 rings (SSSR count). The minimum absolute atomic E-state index is 0.194. The van der Waals surface area contributed by atoms with E-state index in [1.165, 1.54) is 6.20 Å². The zero-order valence-electron chi connectivity index (χ0n) is 9.61. The average molecular weight is 222 g/mol. The second-order valence-electron chi connectivity index (χ2n) is 3.95. The van der Waals surface area contributed by atoms with Gasteiger partial charge in [0.2, 0.25) is 5.95 Å². The third-order valence-corrected chi connectivity index (χ3v) is 2.79. The summed E-state index contributed by atoms with van der Waals surface area (Å²) in [6, 6.07) is 0. The quantitative estimate of drug-likeness (QED) is 0.765. The molecule has 2 N–H and O–H groups in total. The summed E-state index contributed by atoms with van der Waals surface area (Å²) < 4.78 is 0. The van der Waals surface area contributed by atoms with Gasteiger partial charge >= 0.3 is 0 Å². The molecule has 0 bridgehead atoms. The molecule has 0 atom stereocenters. The number of nitrogens with zero attached hydrogens (tertiary/aromatic N) is 3. The summed E-state index contributed by atoms with van der Waals surface area (Å²) in [7, 11) is 0. The van der Waals surface area contributed by atoms with Crippen molar-refractivity contribution in [3.63, 3.8) is 0 Å². The minimum atomic E-state index is 0.194. The topological polar surface area (TPSA) is 61.3 Å². The molecule has 0 aliphatic carbocycles. The van der Waals surface area contributed by atoms with Gasteiger partial charge in [-0.3, -0.25) is 0 Å². The van der Waals surface area contributed by atoms with E-state index in [-0.39, 0.29) is 5.75 Å². The third kappa shape index (κ3) is 2.41. The Labute approximate surface area is 95.5 Å². The highest BCUT2D eigenvalue weighted by molar-refractivity contribution is 5.35. The van der Waals surface area contributed by atoms with Crippen LogP contribution in [0.3, 0.4) is 0 Å². The number of aromatic nitrogens is 2. The van der Waals surface area contributed by atoms with Gasteiger partial charge in [-0.2, -0.15) is 0 Å². The number of nitrogens with one attached hydrogen (secondary N) is 1. The normalized spacial score (nSPS) is 17.2. The fourth-order valence-corrected chi connectivity index (χ4v) is 1.86. The molecule has 1 fully saturated rings. The average Bonchev–Trinajstić information content (AvgIpc) is 2.58. The lowest BCUT2D eigenvalue weighted by molar-refractivity contribution is 0.461. The van der Waals surface area contributed by atoms with Crippen molar-refractivity contribution in [3.8, 4) is 5.75 Å². The van der Waals surface area contributed by atoms with Crippen LogP contribution in [0.1, 0.15) is 19.0 Å². The summed E-state index contributed by atoms with van der Waals surface area (Å²) in [6.07, 6.45) is 3.33. The molecule has 0 aromatic carbocycles. The molecule has 1 saturated heterocycles. The van der Waals surface area contributed by atoms with Crippen LogP contribution in [-0.2, 0) is 6.42 Å². The SMILES string of the molecule is CCc1nc(N2CCCNCC2)ncc1O. The largest absolute Gasteiger partial charge is 0.504 e. The highest BCUT2D eigenvalue weighted by Crippen LogP contribution is 2.17. The van der Waals surface area contributed by atoms with Crippen LogP contribution < -0.4 is 10.2 Å². The maximum atomic E-state index is 9.53. The summed E-state index contributed by atoms with van der Waals surface area (Å²) in [6.45, 7) is 5.89. The van der Waals surface area contributed by atoms with Gasteiger partial charge in [-0.1, -0.05) is 6.92 Å². The van der Waals surface area contributed by atoms with Crippen LogP contribution in [0.15, 0.2) is 6.20 Å². The van der Waals surface area contributed by atoms with Crippen molar-refractivity contribution in [2.24, 2.45) is 0 Å². The van der Waals surface area contributed by atoms with E-state index in [4.69, 9.17) is 0 Å². The van der Waals surface area contributed by atoms with Gasteiger partial charge < -0.3 is 15.3 Å². The molecule has 1 aromatic heterocycles. The maximum Gasteiger partial charge on any atom is 0.225 e. The van der Waals surface area contributed by atoms with Crippen molar-refractivity contribution in [2.75, 3.05) is 31.1 Å². The highest BCUT2D eigenvalue weighted by Gasteiger charge is 2.13. The molecule has 5 heteroatoms. The van der Waals surface area contributed by atoms with Gasteiger partial charge in [0.25, 0.3) is 0 Å². The molecule has 16 heavy (non-hydrogen) atoms. The van der Waals surface area contributed by atoms with Crippen LogP contribution in [0.4, 0.5) is 5.95 Å². The van der Waals surface area contributed by atoms with E-state index in [1.807, 2.05) is 6.92 Å². The standard InChI is InChI=1S/C11H18N4O/c1-2-9-10(16)8-13-11(14-9)15-6-3-4-12-5-7-15/h8,12,16H,2-7H2,1H3. The third-order valence-electron chi connectivity index (χ3n) is 2.79. The number of aryl methyl sites for hydroxylation is 1. The van der Waals surface area contributed by atoms with Gasteiger partial charge in [0.1, 0.15) is 0 Å². The first-order valence-corrected chi connectivity index (χ1v) is 5.82. The second-order valence-corrected chi connectivity index (χ2v) is 3.95. The van der Waals surface area contributed by atoms with Crippen LogP contribution in [0.5, 0.6) is 5.75 Å². The Morgan fingerprint density at radius 1 is 1.44 bits per heavy atom. The van der Waals surface area contributed by atoms with E-state index >= 15 is 0 Å². The Bertz CT molecular complexity index is 348. The minimum Gasteiger partial charge on any atom is -0.504 e. The summed E-state index contributed by atoms with van der Waals surface area (Å²) in [4.78, 5) is 10.7. The van der Waals surface area contributed by atoms with E-state index in [2.05, 4.69) is 20.2 Å². The van der Waals surface area contributed by atoms with Crippen molar-refractivity contribution >= 4 is 5.95 Å². The Morgan fingerprint density at radius 3 is 3.12 bits per heavy atom. The number of aromatic hydroxyl groups is 1. The van der Waals surface area contributed by atoms with Crippen molar-refractivity contribution in [1.29, 1.82) is 0 Å². The van der Waals surface area contributed by atoms with Gasteiger partial charge in [-0.15, -0.1) is 0 Å². The molecule has 1 aliphatic rings. The second kappa shape index (κ2) is 5.12. The van der Waals surface area contributed by atoms with E-state index < -0.39 is 0 Å². The summed E-state index contributed by atoms with van der Waals surface area (Å²) in [5.74, 6) is 0.928. The molecule has 5 nitrogen and oxygen atoms in total. The Hall–Kier alpha value is -1.36. The Balaban J connectivity index is 2.18. The highest BCUT2D eigenvalue weighted by atomic mass is 16.3. The van der Waals surface area contributed by atoms with Gasteiger partial charge in [-0.25, -0.2) is 9.97 Å². The molecule has 0 radical (unpaired) electrons. The molecule has 1 aromatic rings. The molecule has 1 aliphatic heterocycles. The van der Waals surface area contributed by atoms with Crippen LogP contribution >= 0.6 is 0 Å². The molecule has 0 saturated carbocycles. The molecule has 0 amide bonds. The number of rotatable bonds is 2. The summed E-state index contributed by atoms with van der Waals surface area (Å²) in [5, 5.41) is 12.9. The van der Waals surface area contributed by atoms with Crippen molar-refractivity contribution < 1.29 is 5.11 Å². The van der Waals surface area contributed by atoms with Gasteiger partial charge in [0, 0.05) is 19.6 Å².